The van der Waals surface area contributed by atoms with E-state index in [1.165, 1.54) is 22.5 Å². The van der Waals surface area contributed by atoms with Crippen molar-refractivity contribution in [3.8, 4) is 0 Å². The van der Waals surface area contributed by atoms with E-state index in [1.807, 2.05) is 19.9 Å². The van der Waals surface area contributed by atoms with Crippen molar-refractivity contribution in [3.05, 3.63) is 21.4 Å². The monoisotopic (exact) mass is 248 g/mol. The summed E-state index contributed by atoms with van der Waals surface area (Å²) in [5, 5.41) is 9.77. The summed E-state index contributed by atoms with van der Waals surface area (Å²) in [7, 11) is -2.99. The average Bonchev–Trinajstić information content (AvgIpc) is 2.42. The van der Waals surface area contributed by atoms with E-state index in [9.17, 15) is 13.5 Å². The molecule has 1 atom stereocenters. The second kappa shape index (κ2) is 4.63. The molecule has 0 radical (unpaired) electrons. The smallest absolute Gasteiger partial charge is 0.147 e. The van der Waals surface area contributed by atoms with Crippen LogP contribution in [0.5, 0.6) is 0 Å². The van der Waals surface area contributed by atoms with Gasteiger partial charge in [0.05, 0.1) is 11.9 Å². The number of hydrogen-bond donors (Lipinski definition) is 1. The predicted molar refractivity (Wildman–Crippen MR) is 63.1 cm³/mol. The van der Waals surface area contributed by atoms with Crippen LogP contribution in [0.1, 0.15) is 27.8 Å². The highest BCUT2D eigenvalue weighted by molar-refractivity contribution is 7.90. The van der Waals surface area contributed by atoms with Gasteiger partial charge in [-0.2, -0.15) is 0 Å². The lowest BCUT2D eigenvalue weighted by molar-refractivity contribution is 0.178. The van der Waals surface area contributed by atoms with E-state index in [2.05, 4.69) is 0 Å². The standard InChI is InChI=1S/C10H16O3S2/c1-7-6-10(14-8(7)2)9(11)4-5-15(3,12)13/h6,9,11H,4-5H2,1-3H3. The van der Waals surface area contributed by atoms with Gasteiger partial charge in [-0.3, -0.25) is 0 Å². The zero-order valence-corrected chi connectivity index (χ0v) is 10.8. The topological polar surface area (TPSA) is 54.4 Å². The quantitative estimate of drug-likeness (QED) is 0.884. The van der Waals surface area contributed by atoms with Crippen molar-refractivity contribution in [2.75, 3.05) is 12.0 Å². The van der Waals surface area contributed by atoms with Gasteiger partial charge in [-0.25, -0.2) is 8.42 Å². The molecule has 86 valence electrons. The summed E-state index contributed by atoms with van der Waals surface area (Å²) in [4.78, 5) is 2.03. The molecule has 0 saturated carbocycles. The Morgan fingerprint density at radius 3 is 2.47 bits per heavy atom. The molecule has 1 N–H and O–H groups in total. The number of hydrogen-bond acceptors (Lipinski definition) is 4. The van der Waals surface area contributed by atoms with E-state index in [4.69, 9.17) is 0 Å². The molecule has 1 aromatic rings. The third kappa shape index (κ3) is 3.93. The average molecular weight is 248 g/mol. The van der Waals surface area contributed by atoms with Crippen LogP contribution in [0.4, 0.5) is 0 Å². The zero-order valence-electron chi connectivity index (χ0n) is 9.15. The van der Waals surface area contributed by atoms with Gasteiger partial charge in [0.1, 0.15) is 9.84 Å². The van der Waals surface area contributed by atoms with Crippen LogP contribution in [0.25, 0.3) is 0 Å². The molecule has 0 spiro atoms. The highest BCUT2D eigenvalue weighted by Gasteiger charge is 2.14. The number of rotatable bonds is 4. The van der Waals surface area contributed by atoms with E-state index < -0.39 is 15.9 Å². The van der Waals surface area contributed by atoms with Gasteiger partial charge < -0.3 is 5.11 Å². The Bertz CT molecular complexity index is 412. The maximum absolute atomic E-state index is 10.9. The molecule has 3 nitrogen and oxygen atoms in total. The van der Waals surface area contributed by atoms with Gasteiger partial charge in [0.2, 0.25) is 0 Å². The molecular formula is C10H16O3S2. The molecule has 0 fully saturated rings. The largest absolute Gasteiger partial charge is 0.388 e. The maximum Gasteiger partial charge on any atom is 0.147 e. The third-order valence-corrected chi connectivity index (χ3v) is 4.51. The van der Waals surface area contributed by atoms with E-state index >= 15 is 0 Å². The molecule has 0 amide bonds. The van der Waals surface area contributed by atoms with Gasteiger partial charge in [-0.15, -0.1) is 11.3 Å². The second-order valence-electron chi connectivity index (χ2n) is 3.82. The fraction of sp³-hybridized carbons (Fsp3) is 0.600. The van der Waals surface area contributed by atoms with Crippen molar-refractivity contribution >= 4 is 21.2 Å². The molecule has 0 aliphatic heterocycles. The third-order valence-electron chi connectivity index (χ3n) is 2.28. The first-order valence-corrected chi connectivity index (χ1v) is 7.60. The summed E-state index contributed by atoms with van der Waals surface area (Å²) in [6.45, 7) is 3.98. The SMILES string of the molecule is Cc1cc(C(O)CCS(C)(=O)=O)sc1C. The van der Waals surface area contributed by atoms with Crippen molar-refractivity contribution in [1.29, 1.82) is 0 Å². The molecule has 0 aromatic carbocycles. The number of aryl methyl sites for hydroxylation is 2. The first-order valence-electron chi connectivity index (χ1n) is 4.72. The molecule has 0 aliphatic carbocycles. The molecule has 0 bridgehead atoms. The fourth-order valence-electron chi connectivity index (χ4n) is 1.23. The van der Waals surface area contributed by atoms with E-state index in [1.54, 1.807) is 0 Å². The van der Waals surface area contributed by atoms with Crippen molar-refractivity contribution in [2.24, 2.45) is 0 Å². The second-order valence-corrected chi connectivity index (χ2v) is 7.37. The molecule has 1 unspecified atom stereocenters. The minimum atomic E-state index is -2.99. The summed E-state index contributed by atoms with van der Waals surface area (Å²) in [6, 6.07) is 1.92. The van der Waals surface area contributed by atoms with Crippen molar-refractivity contribution in [1.82, 2.24) is 0 Å². The van der Waals surface area contributed by atoms with Crippen LogP contribution in [-0.2, 0) is 9.84 Å². The van der Waals surface area contributed by atoms with Crippen molar-refractivity contribution < 1.29 is 13.5 Å². The van der Waals surface area contributed by atoms with E-state index in [-0.39, 0.29) is 12.2 Å². The van der Waals surface area contributed by atoms with Gasteiger partial charge in [0, 0.05) is 16.0 Å². The van der Waals surface area contributed by atoms with Gasteiger partial charge in [0.25, 0.3) is 0 Å². The van der Waals surface area contributed by atoms with Gasteiger partial charge in [0.15, 0.2) is 0 Å². The Morgan fingerprint density at radius 2 is 2.07 bits per heavy atom. The Kier molecular flexibility index (Phi) is 3.92. The van der Waals surface area contributed by atoms with Gasteiger partial charge in [-0.1, -0.05) is 0 Å². The Balaban J connectivity index is 2.65. The van der Waals surface area contributed by atoms with Crippen molar-refractivity contribution in [3.63, 3.8) is 0 Å². The minimum absolute atomic E-state index is 0.0319. The van der Waals surface area contributed by atoms with Crippen LogP contribution < -0.4 is 0 Å². The highest BCUT2D eigenvalue weighted by Crippen LogP contribution is 2.28. The predicted octanol–water partition coefficient (Wildman–Crippen LogP) is 1.83. The lowest BCUT2D eigenvalue weighted by atomic mass is 10.2. The number of sulfone groups is 1. The molecule has 15 heavy (non-hydrogen) atoms. The molecule has 5 heteroatoms. The number of aliphatic hydroxyl groups excluding tert-OH is 1. The van der Waals surface area contributed by atoms with Crippen LogP contribution >= 0.6 is 11.3 Å². The summed E-state index contributed by atoms with van der Waals surface area (Å²) >= 11 is 1.53. The maximum atomic E-state index is 10.9. The number of thiophene rings is 1. The normalized spacial score (nSPS) is 14.1. The van der Waals surface area contributed by atoms with E-state index in [0.717, 1.165) is 10.4 Å². The van der Waals surface area contributed by atoms with Crippen LogP contribution in [0.3, 0.4) is 0 Å². The molecule has 0 aliphatic rings. The Hall–Kier alpha value is -0.390. The zero-order chi connectivity index (χ0) is 11.6. The lowest BCUT2D eigenvalue weighted by Gasteiger charge is -2.06. The molecular weight excluding hydrogens is 232 g/mol. The summed E-state index contributed by atoms with van der Waals surface area (Å²) in [5.74, 6) is 0.0319. The highest BCUT2D eigenvalue weighted by atomic mass is 32.2. The minimum Gasteiger partial charge on any atom is -0.388 e. The first kappa shape index (κ1) is 12.7. The summed E-state index contributed by atoms with van der Waals surface area (Å²) < 4.78 is 21.9. The Labute approximate surface area is 94.7 Å². The molecule has 1 rings (SSSR count). The van der Waals surface area contributed by atoms with Crippen LogP contribution in [-0.4, -0.2) is 25.5 Å². The molecule has 1 aromatic heterocycles. The van der Waals surface area contributed by atoms with Crippen molar-refractivity contribution in [2.45, 2.75) is 26.4 Å². The molecule has 0 saturated heterocycles. The van der Waals surface area contributed by atoms with Crippen LogP contribution in [0, 0.1) is 13.8 Å². The first-order chi connectivity index (χ1) is 6.79. The summed E-state index contributed by atoms with van der Waals surface area (Å²) in [6.07, 6.45) is 0.806. The van der Waals surface area contributed by atoms with Crippen LogP contribution in [0.15, 0.2) is 6.07 Å². The van der Waals surface area contributed by atoms with Gasteiger partial charge in [-0.05, 0) is 31.9 Å². The van der Waals surface area contributed by atoms with Crippen LogP contribution in [0.2, 0.25) is 0 Å². The fourth-order valence-corrected chi connectivity index (χ4v) is 2.95. The molecule has 1 heterocycles. The van der Waals surface area contributed by atoms with E-state index in [0.29, 0.717) is 0 Å². The summed E-state index contributed by atoms with van der Waals surface area (Å²) in [5.41, 5.74) is 1.15. The van der Waals surface area contributed by atoms with Gasteiger partial charge >= 0.3 is 0 Å². The Morgan fingerprint density at radius 1 is 1.47 bits per heavy atom. The lowest BCUT2D eigenvalue weighted by Crippen LogP contribution is -2.07. The number of aliphatic hydroxyl groups is 1.